The lowest BCUT2D eigenvalue weighted by molar-refractivity contribution is -0.133. The van der Waals surface area contributed by atoms with Crippen molar-refractivity contribution < 1.29 is 9.59 Å². The van der Waals surface area contributed by atoms with Gasteiger partial charge in [-0.25, -0.2) is 0 Å². The summed E-state index contributed by atoms with van der Waals surface area (Å²) in [4.78, 5) is 35.2. The Morgan fingerprint density at radius 3 is 2.24 bits per heavy atom. The number of fused-ring (bicyclic) bond motifs is 1. The molecule has 2 amide bonds. The third-order valence-corrected chi connectivity index (χ3v) is 6.30. The largest absolute Gasteiger partial charge is 0.336 e. The van der Waals surface area contributed by atoms with E-state index in [9.17, 15) is 9.59 Å². The molecular weight excluding hydrogens is 412 g/mol. The van der Waals surface area contributed by atoms with Gasteiger partial charge in [-0.3, -0.25) is 14.5 Å². The third kappa shape index (κ3) is 8.74. The average molecular weight is 459 g/mol. The molecular formula is C27H46N4O2. The zero-order valence-corrected chi connectivity index (χ0v) is 21.8. The smallest absolute Gasteiger partial charge is 0.237 e. The Labute approximate surface area is 201 Å². The minimum Gasteiger partial charge on any atom is -0.336 e. The van der Waals surface area contributed by atoms with E-state index in [-0.39, 0.29) is 11.8 Å². The number of para-hydroxylation sites is 1. The first-order valence-electron chi connectivity index (χ1n) is 12.9. The Balaban J connectivity index is 2.38. The van der Waals surface area contributed by atoms with Crippen molar-refractivity contribution in [3.63, 3.8) is 0 Å². The Bertz CT molecular complexity index is 745. The molecule has 0 saturated carbocycles. The van der Waals surface area contributed by atoms with Gasteiger partial charge in [0.1, 0.15) is 0 Å². The molecule has 0 aromatic heterocycles. The predicted molar refractivity (Wildman–Crippen MR) is 137 cm³/mol. The highest BCUT2D eigenvalue weighted by Gasteiger charge is 2.24. The second-order valence-corrected chi connectivity index (χ2v) is 10.1. The third-order valence-electron chi connectivity index (χ3n) is 6.30. The number of likely N-dealkylation sites (N-methyl/N-ethyl adjacent to an activating group) is 1. The van der Waals surface area contributed by atoms with Crippen molar-refractivity contribution in [3.05, 3.63) is 29.8 Å². The van der Waals surface area contributed by atoms with E-state index in [2.05, 4.69) is 57.4 Å². The molecule has 186 valence electrons. The van der Waals surface area contributed by atoms with Crippen molar-refractivity contribution in [3.8, 4) is 0 Å². The van der Waals surface area contributed by atoms with Crippen LogP contribution in [-0.4, -0.2) is 78.9 Å². The number of amides is 2. The molecule has 0 aliphatic carbocycles. The summed E-state index contributed by atoms with van der Waals surface area (Å²) in [6, 6.07) is 8.14. The highest BCUT2D eigenvalue weighted by molar-refractivity contribution is 5.94. The second kappa shape index (κ2) is 13.7. The SMILES string of the molecule is CCN(CC)CC(=O)N1CCN(CC(C)C)CCCN(C(=O)CC(C)C)c2ccccc2C1. The van der Waals surface area contributed by atoms with Gasteiger partial charge in [0.05, 0.1) is 6.54 Å². The van der Waals surface area contributed by atoms with Crippen molar-refractivity contribution in [2.75, 3.05) is 57.3 Å². The number of anilines is 1. The summed E-state index contributed by atoms with van der Waals surface area (Å²) in [5.41, 5.74) is 2.01. The Kier molecular flexibility index (Phi) is 11.3. The van der Waals surface area contributed by atoms with Gasteiger partial charge in [-0.15, -0.1) is 0 Å². The number of carbonyl (C=O) groups excluding carboxylic acids is 2. The van der Waals surface area contributed by atoms with Crippen molar-refractivity contribution in [1.82, 2.24) is 14.7 Å². The zero-order valence-electron chi connectivity index (χ0n) is 21.8. The molecule has 0 atom stereocenters. The van der Waals surface area contributed by atoms with Gasteiger partial charge in [0.2, 0.25) is 11.8 Å². The van der Waals surface area contributed by atoms with Crippen molar-refractivity contribution >= 4 is 17.5 Å². The van der Waals surface area contributed by atoms with Crippen LogP contribution in [-0.2, 0) is 16.1 Å². The quantitative estimate of drug-likeness (QED) is 0.589. The van der Waals surface area contributed by atoms with Crippen LogP contribution in [0.3, 0.4) is 0 Å². The Morgan fingerprint density at radius 2 is 1.61 bits per heavy atom. The molecule has 0 N–H and O–H groups in total. The fraction of sp³-hybridized carbons (Fsp3) is 0.704. The lowest BCUT2D eigenvalue weighted by Crippen LogP contribution is -2.44. The highest BCUT2D eigenvalue weighted by Crippen LogP contribution is 2.25. The molecule has 0 bridgehead atoms. The van der Waals surface area contributed by atoms with E-state index in [0.717, 1.165) is 50.4 Å². The monoisotopic (exact) mass is 458 g/mol. The minimum absolute atomic E-state index is 0.164. The van der Waals surface area contributed by atoms with Gasteiger partial charge < -0.3 is 14.7 Å². The summed E-state index contributed by atoms with van der Waals surface area (Å²) in [6.07, 6.45) is 1.47. The lowest BCUT2D eigenvalue weighted by atomic mass is 10.1. The number of hydrogen-bond donors (Lipinski definition) is 0. The molecule has 1 aromatic rings. The molecule has 0 fully saturated rings. The molecule has 1 aromatic carbocycles. The lowest BCUT2D eigenvalue weighted by Gasteiger charge is -2.30. The first kappa shape index (κ1) is 27.3. The number of carbonyl (C=O) groups is 2. The second-order valence-electron chi connectivity index (χ2n) is 10.1. The van der Waals surface area contributed by atoms with E-state index >= 15 is 0 Å². The van der Waals surface area contributed by atoms with E-state index in [1.54, 1.807) is 0 Å². The Morgan fingerprint density at radius 1 is 0.909 bits per heavy atom. The van der Waals surface area contributed by atoms with Crippen LogP contribution in [0.15, 0.2) is 24.3 Å². The van der Waals surface area contributed by atoms with Gasteiger partial charge in [-0.05, 0) is 49.5 Å². The molecule has 6 nitrogen and oxygen atoms in total. The molecule has 0 radical (unpaired) electrons. The predicted octanol–water partition coefficient (Wildman–Crippen LogP) is 4.10. The van der Waals surface area contributed by atoms with Gasteiger partial charge in [-0.1, -0.05) is 59.7 Å². The van der Waals surface area contributed by atoms with Crippen molar-refractivity contribution in [2.45, 2.75) is 60.9 Å². The highest BCUT2D eigenvalue weighted by atomic mass is 16.2. The average Bonchev–Trinajstić information content (AvgIpc) is 2.79. The van der Waals surface area contributed by atoms with E-state index in [1.165, 1.54) is 0 Å². The maximum Gasteiger partial charge on any atom is 0.237 e. The number of hydrogen-bond acceptors (Lipinski definition) is 4. The zero-order chi connectivity index (χ0) is 24.4. The van der Waals surface area contributed by atoms with Crippen LogP contribution < -0.4 is 4.90 Å². The van der Waals surface area contributed by atoms with Gasteiger partial charge in [-0.2, -0.15) is 0 Å². The van der Waals surface area contributed by atoms with E-state index < -0.39 is 0 Å². The number of benzene rings is 1. The minimum atomic E-state index is 0.164. The van der Waals surface area contributed by atoms with E-state index in [4.69, 9.17) is 0 Å². The maximum absolute atomic E-state index is 13.4. The Hall–Kier alpha value is -1.92. The van der Waals surface area contributed by atoms with Crippen LogP contribution in [0.1, 0.15) is 59.9 Å². The van der Waals surface area contributed by atoms with Crippen LogP contribution in [0.4, 0.5) is 5.69 Å². The maximum atomic E-state index is 13.4. The summed E-state index contributed by atoms with van der Waals surface area (Å²) in [5, 5.41) is 0. The summed E-state index contributed by atoms with van der Waals surface area (Å²) in [6.45, 7) is 19.8. The molecule has 1 aliphatic rings. The number of nitrogens with zero attached hydrogens (tertiary/aromatic N) is 4. The normalized spacial score (nSPS) is 16.3. The summed E-state index contributed by atoms with van der Waals surface area (Å²) in [5.74, 6) is 1.21. The fourth-order valence-corrected chi connectivity index (χ4v) is 4.51. The number of rotatable bonds is 8. The first-order valence-corrected chi connectivity index (χ1v) is 12.9. The van der Waals surface area contributed by atoms with Gasteiger partial charge >= 0.3 is 0 Å². The summed E-state index contributed by atoms with van der Waals surface area (Å²) < 4.78 is 0. The van der Waals surface area contributed by atoms with Crippen molar-refractivity contribution in [1.29, 1.82) is 0 Å². The van der Waals surface area contributed by atoms with Gasteiger partial charge in [0.15, 0.2) is 0 Å². The topological polar surface area (TPSA) is 47.1 Å². The standard InChI is InChI=1S/C27H46N4O2/c1-7-28(8-2)21-27(33)30-17-16-29(19-23(5)6)14-11-15-31(26(32)18-22(3)4)25-13-10-9-12-24(25)20-30/h9-10,12-13,22-23H,7-8,11,14-21H2,1-6H3. The first-order chi connectivity index (χ1) is 15.7. The van der Waals surface area contributed by atoms with Gasteiger partial charge in [0.25, 0.3) is 0 Å². The van der Waals surface area contributed by atoms with Crippen molar-refractivity contribution in [2.24, 2.45) is 11.8 Å². The molecule has 6 heteroatoms. The van der Waals surface area contributed by atoms with Crippen LogP contribution in [0, 0.1) is 11.8 Å². The summed E-state index contributed by atoms with van der Waals surface area (Å²) >= 11 is 0. The fourth-order valence-electron chi connectivity index (χ4n) is 4.51. The van der Waals surface area contributed by atoms with E-state index in [1.807, 2.05) is 28.0 Å². The van der Waals surface area contributed by atoms with Crippen LogP contribution in [0.5, 0.6) is 0 Å². The molecule has 1 heterocycles. The molecule has 2 rings (SSSR count). The van der Waals surface area contributed by atoms with Crippen LogP contribution >= 0.6 is 0 Å². The van der Waals surface area contributed by atoms with Gasteiger partial charge in [0, 0.05) is 44.8 Å². The molecule has 0 unspecified atom stereocenters. The van der Waals surface area contributed by atoms with E-state index in [0.29, 0.717) is 44.4 Å². The molecule has 33 heavy (non-hydrogen) atoms. The molecule has 1 aliphatic heterocycles. The summed E-state index contributed by atoms with van der Waals surface area (Å²) in [7, 11) is 0. The molecule has 0 saturated heterocycles. The van der Waals surface area contributed by atoms with Crippen LogP contribution in [0.2, 0.25) is 0 Å². The van der Waals surface area contributed by atoms with Crippen LogP contribution in [0.25, 0.3) is 0 Å². The molecule has 0 spiro atoms.